The van der Waals surface area contributed by atoms with Gasteiger partial charge in [-0.25, -0.2) is 9.59 Å². The van der Waals surface area contributed by atoms with Crippen molar-refractivity contribution in [2.24, 2.45) is 0 Å². The quantitative estimate of drug-likeness (QED) is 0.201. The van der Waals surface area contributed by atoms with E-state index in [0.29, 0.717) is 12.1 Å². The summed E-state index contributed by atoms with van der Waals surface area (Å²) in [5, 5.41) is 34.5. The molecule has 0 saturated heterocycles. The van der Waals surface area contributed by atoms with Crippen molar-refractivity contribution in [3.05, 3.63) is 29.3 Å². The van der Waals surface area contributed by atoms with Crippen LogP contribution in [-0.2, 0) is 19.6 Å². The van der Waals surface area contributed by atoms with E-state index in [1.807, 2.05) is 0 Å². The molecule has 0 spiro atoms. The molecule has 12 heteroatoms. The summed E-state index contributed by atoms with van der Waals surface area (Å²) >= 11 is 0. The molecule has 0 amide bonds. The van der Waals surface area contributed by atoms with Crippen LogP contribution in [0.3, 0.4) is 0 Å². The van der Waals surface area contributed by atoms with Crippen molar-refractivity contribution in [1.29, 1.82) is 0 Å². The van der Waals surface area contributed by atoms with Crippen LogP contribution in [0.1, 0.15) is 20.7 Å². The topological polar surface area (TPSA) is 188 Å². The van der Waals surface area contributed by atoms with Crippen LogP contribution in [0.25, 0.3) is 0 Å². The SMILES string of the molecule is O=C(OCC(O)O)c1cc(C(=O)OCC(O)O)cc(S(=O)(=O)O)c1. The fourth-order valence-electron chi connectivity index (χ4n) is 1.45. The van der Waals surface area contributed by atoms with E-state index in [0.717, 1.165) is 6.07 Å². The highest BCUT2D eigenvalue weighted by Crippen LogP contribution is 2.17. The molecular weight excluding hydrogens is 352 g/mol. The van der Waals surface area contributed by atoms with Crippen molar-refractivity contribution >= 4 is 22.1 Å². The van der Waals surface area contributed by atoms with Gasteiger partial charge >= 0.3 is 11.9 Å². The van der Waals surface area contributed by atoms with Gasteiger partial charge in [0, 0.05) is 0 Å². The summed E-state index contributed by atoms with van der Waals surface area (Å²) in [6.45, 7) is -1.63. The van der Waals surface area contributed by atoms with E-state index in [-0.39, 0.29) is 0 Å². The van der Waals surface area contributed by atoms with Crippen LogP contribution in [0.4, 0.5) is 0 Å². The molecule has 0 heterocycles. The van der Waals surface area contributed by atoms with E-state index in [4.69, 9.17) is 25.0 Å². The van der Waals surface area contributed by atoms with Gasteiger partial charge in [0.25, 0.3) is 10.1 Å². The summed E-state index contributed by atoms with van der Waals surface area (Å²) in [5.41, 5.74) is -0.996. The zero-order valence-electron chi connectivity index (χ0n) is 11.9. The van der Waals surface area contributed by atoms with Gasteiger partial charge in [0.15, 0.2) is 12.6 Å². The van der Waals surface area contributed by atoms with E-state index in [1.54, 1.807) is 0 Å². The lowest BCUT2D eigenvalue weighted by Crippen LogP contribution is -2.20. The van der Waals surface area contributed by atoms with Crippen molar-refractivity contribution in [3.8, 4) is 0 Å². The molecule has 0 aromatic heterocycles. The predicted molar refractivity (Wildman–Crippen MR) is 73.3 cm³/mol. The second-order valence-corrected chi connectivity index (χ2v) is 5.80. The van der Waals surface area contributed by atoms with E-state index in [2.05, 4.69) is 9.47 Å². The highest BCUT2D eigenvalue weighted by Gasteiger charge is 2.21. The molecule has 0 atom stereocenters. The minimum Gasteiger partial charge on any atom is -0.457 e. The number of aliphatic hydroxyl groups excluding tert-OH is 2. The Morgan fingerprint density at radius 3 is 1.54 bits per heavy atom. The number of hydrogen-bond acceptors (Lipinski definition) is 10. The number of carbonyl (C=O) groups excluding carboxylic acids is 2. The summed E-state index contributed by atoms with van der Waals surface area (Å²) in [6.07, 6.45) is -3.93. The van der Waals surface area contributed by atoms with Crippen LogP contribution in [0, 0.1) is 0 Å². The fraction of sp³-hybridized carbons (Fsp3) is 0.333. The molecule has 1 aromatic carbocycles. The van der Waals surface area contributed by atoms with E-state index in [1.165, 1.54) is 0 Å². The van der Waals surface area contributed by atoms with Gasteiger partial charge in [0.2, 0.25) is 0 Å². The average molecular weight is 366 g/mol. The highest BCUT2D eigenvalue weighted by atomic mass is 32.2. The van der Waals surface area contributed by atoms with Gasteiger partial charge in [-0.05, 0) is 18.2 Å². The third kappa shape index (κ3) is 6.19. The zero-order valence-corrected chi connectivity index (χ0v) is 12.7. The molecule has 0 aliphatic carbocycles. The van der Waals surface area contributed by atoms with Crippen LogP contribution in [-0.4, -0.2) is 71.1 Å². The Hall–Kier alpha value is -2.09. The third-order valence-electron chi connectivity index (χ3n) is 2.40. The van der Waals surface area contributed by atoms with Crippen molar-refractivity contribution in [2.45, 2.75) is 17.5 Å². The standard InChI is InChI=1S/C12H14O11S/c13-9(14)4-22-11(17)6-1-7(12(18)23-5-10(15)16)3-8(2-6)24(19,20)21/h1-3,9-10,13-16H,4-5H2,(H,19,20,21). The molecule has 1 aromatic rings. The Morgan fingerprint density at radius 1 is 0.875 bits per heavy atom. The second-order valence-electron chi connectivity index (χ2n) is 4.38. The molecule has 0 unspecified atom stereocenters. The normalized spacial score (nSPS) is 11.6. The fourth-order valence-corrected chi connectivity index (χ4v) is 2.00. The largest absolute Gasteiger partial charge is 0.457 e. The second kappa shape index (κ2) is 8.14. The number of ether oxygens (including phenoxy) is 2. The van der Waals surface area contributed by atoms with Crippen LogP contribution in [0.15, 0.2) is 23.1 Å². The average Bonchev–Trinajstić information content (AvgIpc) is 2.48. The van der Waals surface area contributed by atoms with Gasteiger partial charge in [0.05, 0.1) is 16.0 Å². The first-order valence-corrected chi connectivity index (χ1v) is 7.64. The summed E-state index contributed by atoms with van der Waals surface area (Å²) in [5.74, 6) is -2.41. The molecular formula is C12H14O11S. The Bertz CT molecular complexity index is 665. The summed E-state index contributed by atoms with van der Waals surface area (Å²) in [6, 6.07) is 2.24. The molecule has 0 radical (unpaired) electrons. The monoisotopic (exact) mass is 366 g/mol. The molecule has 24 heavy (non-hydrogen) atoms. The third-order valence-corrected chi connectivity index (χ3v) is 3.23. The van der Waals surface area contributed by atoms with Gasteiger partial charge in [-0.15, -0.1) is 0 Å². The van der Waals surface area contributed by atoms with Crippen LogP contribution in [0.2, 0.25) is 0 Å². The maximum absolute atomic E-state index is 11.7. The molecule has 0 saturated carbocycles. The molecule has 1 rings (SSSR count). The first-order chi connectivity index (χ1) is 11.0. The Morgan fingerprint density at radius 2 is 1.25 bits per heavy atom. The maximum Gasteiger partial charge on any atom is 0.338 e. The van der Waals surface area contributed by atoms with Gasteiger partial charge in [-0.2, -0.15) is 8.42 Å². The lowest BCUT2D eigenvalue weighted by atomic mass is 10.1. The lowest BCUT2D eigenvalue weighted by Gasteiger charge is -2.10. The molecule has 5 N–H and O–H groups in total. The van der Waals surface area contributed by atoms with E-state index >= 15 is 0 Å². The number of aliphatic hydroxyl groups is 4. The number of hydrogen-bond donors (Lipinski definition) is 5. The first kappa shape index (κ1) is 20.0. The van der Waals surface area contributed by atoms with Gasteiger partial charge in [0.1, 0.15) is 13.2 Å². The summed E-state index contributed by atoms with van der Waals surface area (Å²) in [4.78, 5) is 22.6. The highest BCUT2D eigenvalue weighted by molar-refractivity contribution is 7.85. The molecule has 0 fully saturated rings. The van der Waals surface area contributed by atoms with Gasteiger partial charge in [-0.3, -0.25) is 4.55 Å². The summed E-state index contributed by atoms with van der Waals surface area (Å²) in [7, 11) is -4.79. The Labute approximate surface area is 135 Å². The molecule has 0 bridgehead atoms. The van der Waals surface area contributed by atoms with Crippen molar-refractivity contribution in [3.63, 3.8) is 0 Å². The van der Waals surface area contributed by atoms with E-state index in [9.17, 15) is 18.0 Å². The zero-order chi connectivity index (χ0) is 18.5. The Kier molecular flexibility index (Phi) is 6.77. The minimum atomic E-state index is -4.79. The van der Waals surface area contributed by atoms with Gasteiger partial charge < -0.3 is 29.9 Å². The van der Waals surface area contributed by atoms with Crippen LogP contribution >= 0.6 is 0 Å². The Balaban J connectivity index is 3.18. The maximum atomic E-state index is 11.7. The number of carbonyl (C=O) groups is 2. The molecule has 11 nitrogen and oxygen atoms in total. The number of esters is 2. The molecule has 0 aliphatic heterocycles. The smallest absolute Gasteiger partial charge is 0.338 e. The van der Waals surface area contributed by atoms with Crippen molar-refractivity contribution in [1.82, 2.24) is 0 Å². The number of rotatable bonds is 7. The minimum absolute atomic E-state index is 0.498. The van der Waals surface area contributed by atoms with Crippen LogP contribution < -0.4 is 0 Å². The predicted octanol–water partition coefficient (Wildman–Crippen LogP) is -2.13. The first-order valence-electron chi connectivity index (χ1n) is 6.20. The van der Waals surface area contributed by atoms with Gasteiger partial charge in [-0.1, -0.05) is 0 Å². The van der Waals surface area contributed by atoms with Crippen LogP contribution in [0.5, 0.6) is 0 Å². The van der Waals surface area contributed by atoms with E-state index < -0.39 is 63.9 Å². The molecule has 0 aliphatic rings. The van der Waals surface area contributed by atoms with Crippen molar-refractivity contribution in [2.75, 3.05) is 13.2 Å². The summed E-state index contributed by atoms with van der Waals surface area (Å²) < 4.78 is 40.3. The van der Waals surface area contributed by atoms with Crippen molar-refractivity contribution < 1.29 is 52.5 Å². The number of benzene rings is 1. The molecule has 134 valence electrons. The lowest BCUT2D eigenvalue weighted by molar-refractivity contribution is -0.0814.